The van der Waals surface area contributed by atoms with Crippen LogP contribution in [0.15, 0.2) is 18.2 Å². The molecule has 98 valence electrons. The second-order valence-corrected chi connectivity index (χ2v) is 11.0. The number of halogens is 2. The van der Waals surface area contributed by atoms with E-state index in [4.69, 9.17) is 5.26 Å². The second-order valence-electron chi connectivity index (χ2n) is 5.60. The van der Waals surface area contributed by atoms with E-state index >= 15 is 0 Å². The molecule has 0 saturated heterocycles. The molecule has 1 aromatic carbocycles. The van der Waals surface area contributed by atoms with Gasteiger partial charge in [-0.1, -0.05) is 25.7 Å². The zero-order valence-corrected chi connectivity index (χ0v) is 12.0. The van der Waals surface area contributed by atoms with Crippen molar-refractivity contribution >= 4 is 8.07 Å². The quantitative estimate of drug-likeness (QED) is 0.606. The lowest BCUT2D eigenvalue weighted by atomic mass is 10.2. The first-order valence-electron chi connectivity index (χ1n) is 5.85. The van der Waals surface area contributed by atoms with E-state index in [1.165, 1.54) is 12.1 Å². The maximum Gasteiger partial charge on any atom is 0.130 e. The number of rotatable bonds is 5. The van der Waals surface area contributed by atoms with Gasteiger partial charge in [0.2, 0.25) is 0 Å². The minimum absolute atomic E-state index is 0.265. The van der Waals surface area contributed by atoms with E-state index in [-0.39, 0.29) is 6.54 Å². The Morgan fingerprint density at radius 2 is 1.94 bits per heavy atom. The first-order valence-corrected chi connectivity index (χ1v) is 9.56. The molecule has 0 amide bonds. The minimum Gasteiger partial charge on any atom is -0.289 e. The Bertz CT molecular complexity index is 449. The van der Waals surface area contributed by atoms with Crippen molar-refractivity contribution in [2.75, 3.05) is 12.7 Å². The van der Waals surface area contributed by atoms with Crippen LogP contribution in [0.4, 0.5) is 8.78 Å². The molecular weight excluding hydrogens is 250 g/mol. The maximum absolute atomic E-state index is 13.5. The van der Waals surface area contributed by atoms with E-state index in [9.17, 15) is 8.78 Å². The molecule has 1 rings (SSSR count). The summed E-state index contributed by atoms with van der Waals surface area (Å²) in [6.07, 6.45) is 0.817. The molecule has 0 N–H and O–H groups in total. The van der Waals surface area contributed by atoms with Crippen LogP contribution >= 0.6 is 0 Å². The van der Waals surface area contributed by atoms with E-state index in [0.29, 0.717) is 12.1 Å². The van der Waals surface area contributed by atoms with Crippen molar-refractivity contribution in [3.63, 3.8) is 0 Å². The highest BCUT2D eigenvalue weighted by Gasteiger charge is 2.19. The number of hydrogen-bond acceptors (Lipinski definition) is 2. The summed E-state index contributed by atoms with van der Waals surface area (Å²) in [5.74, 6) is -1.12. The molecule has 0 aliphatic carbocycles. The Hall–Kier alpha value is -1.25. The summed E-state index contributed by atoms with van der Waals surface area (Å²) in [6.45, 7) is 7.19. The molecule has 0 heterocycles. The first kappa shape index (κ1) is 14.8. The van der Waals surface area contributed by atoms with Gasteiger partial charge in [-0.3, -0.25) is 4.90 Å². The van der Waals surface area contributed by atoms with E-state index in [1.54, 1.807) is 0 Å². The lowest BCUT2D eigenvalue weighted by molar-refractivity contribution is 0.335. The van der Waals surface area contributed by atoms with E-state index < -0.39 is 19.7 Å². The average Bonchev–Trinajstić information content (AvgIpc) is 2.20. The smallest absolute Gasteiger partial charge is 0.130 e. The SMILES string of the molecule is C[Si](C)(C)CN(CC#N)Cc1ccc(F)cc1F. The van der Waals surface area contributed by atoms with Crippen molar-refractivity contribution in [3.05, 3.63) is 35.4 Å². The van der Waals surface area contributed by atoms with Crippen LogP contribution in [-0.2, 0) is 6.54 Å². The normalized spacial score (nSPS) is 11.6. The third-order valence-corrected chi connectivity index (χ3v) is 3.80. The highest BCUT2D eigenvalue weighted by atomic mass is 28.3. The lowest BCUT2D eigenvalue weighted by Crippen LogP contribution is -2.40. The summed E-state index contributed by atoms with van der Waals surface area (Å²) in [5, 5.41) is 8.79. The molecule has 0 aliphatic heterocycles. The third kappa shape index (κ3) is 4.94. The van der Waals surface area contributed by atoms with Crippen LogP contribution in [0.25, 0.3) is 0 Å². The standard InChI is InChI=1S/C13H18F2N2Si/c1-18(2,3)10-17(7-6-16)9-11-4-5-12(14)8-13(11)15/h4-5,8H,7,9-10H2,1-3H3. The zero-order chi connectivity index (χ0) is 13.8. The van der Waals surface area contributed by atoms with Gasteiger partial charge in [0.15, 0.2) is 0 Å². The van der Waals surface area contributed by atoms with Gasteiger partial charge in [0.1, 0.15) is 11.6 Å². The van der Waals surface area contributed by atoms with Crippen molar-refractivity contribution in [2.24, 2.45) is 0 Å². The summed E-state index contributed by atoms with van der Waals surface area (Å²) in [7, 11) is -1.36. The Balaban J connectivity index is 2.80. The van der Waals surface area contributed by atoms with Crippen LogP contribution in [0.2, 0.25) is 19.6 Å². The van der Waals surface area contributed by atoms with Gasteiger partial charge in [0.05, 0.1) is 20.7 Å². The summed E-state index contributed by atoms with van der Waals surface area (Å²) in [6, 6.07) is 5.67. The van der Waals surface area contributed by atoms with Crippen molar-refractivity contribution < 1.29 is 8.78 Å². The van der Waals surface area contributed by atoms with E-state index in [0.717, 1.165) is 12.2 Å². The van der Waals surface area contributed by atoms with Crippen LogP contribution in [0.3, 0.4) is 0 Å². The van der Waals surface area contributed by atoms with Crippen LogP contribution in [0.1, 0.15) is 5.56 Å². The minimum atomic E-state index is -1.36. The molecule has 0 aromatic heterocycles. The lowest BCUT2D eigenvalue weighted by Gasteiger charge is -2.26. The number of nitrogens with zero attached hydrogens (tertiary/aromatic N) is 2. The third-order valence-electron chi connectivity index (χ3n) is 2.40. The molecule has 0 saturated carbocycles. The zero-order valence-electron chi connectivity index (χ0n) is 11.0. The monoisotopic (exact) mass is 268 g/mol. The van der Waals surface area contributed by atoms with Gasteiger partial charge in [-0.05, 0) is 12.2 Å². The first-order chi connectivity index (χ1) is 8.31. The molecule has 1 aromatic rings. The maximum atomic E-state index is 13.5. The molecule has 0 atom stereocenters. The van der Waals surface area contributed by atoms with E-state index in [1.807, 2.05) is 4.90 Å². The van der Waals surface area contributed by atoms with Gasteiger partial charge in [-0.25, -0.2) is 8.78 Å². The van der Waals surface area contributed by atoms with Crippen LogP contribution in [0, 0.1) is 23.0 Å². The topological polar surface area (TPSA) is 27.0 Å². The molecular formula is C13H18F2N2Si. The average molecular weight is 268 g/mol. The van der Waals surface area contributed by atoms with Crippen LogP contribution < -0.4 is 0 Å². The highest BCUT2D eigenvalue weighted by molar-refractivity contribution is 6.76. The van der Waals surface area contributed by atoms with Gasteiger partial charge in [0.25, 0.3) is 0 Å². The predicted octanol–water partition coefficient (Wildman–Crippen LogP) is 3.17. The largest absolute Gasteiger partial charge is 0.289 e. The summed E-state index contributed by atoms with van der Waals surface area (Å²) >= 11 is 0. The summed E-state index contributed by atoms with van der Waals surface area (Å²) in [4.78, 5) is 1.92. The predicted molar refractivity (Wildman–Crippen MR) is 70.6 cm³/mol. The van der Waals surface area contributed by atoms with Crippen molar-refractivity contribution in [1.29, 1.82) is 5.26 Å². The number of hydrogen-bond donors (Lipinski definition) is 0. The Kier molecular flexibility index (Phi) is 5.00. The molecule has 0 fully saturated rings. The number of benzene rings is 1. The van der Waals surface area contributed by atoms with Crippen molar-refractivity contribution in [3.8, 4) is 6.07 Å². The Morgan fingerprint density at radius 1 is 1.28 bits per heavy atom. The molecule has 18 heavy (non-hydrogen) atoms. The Labute approximate surface area is 108 Å². The van der Waals surface area contributed by atoms with Crippen LogP contribution in [0.5, 0.6) is 0 Å². The van der Waals surface area contributed by atoms with Crippen LogP contribution in [-0.4, -0.2) is 25.7 Å². The molecule has 0 bridgehead atoms. The van der Waals surface area contributed by atoms with Crippen molar-refractivity contribution in [1.82, 2.24) is 4.90 Å². The molecule has 0 spiro atoms. The number of nitriles is 1. The second kappa shape index (κ2) is 6.07. The highest BCUT2D eigenvalue weighted by Crippen LogP contribution is 2.14. The van der Waals surface area contributed by atoms with Crippen molar-refractivity contribution in [2.45, 2.75) is 26.2 Å². The Morgan fingerprint density at radius 3 is 2.44 bits per heavy atom. The summed E-state index contributed by atoms with van der Waals surface area (Å²) < 4.78 is 26.4. The molecule has 5 heteroatoms. The molecule has 0 aliphatic rings. The fourth-order valence-corrected chi connectivity index (χ4v) is 3.39. The van der Waals surface area contributed by atoms with Gasteiger partial charge >= 0.3 is 0 Å². The summed E-state index contributed by atoms with van der Waals surface area (Å²) in [5.41, 5.74) is 0.435. The van der Waals surface area contributed by atoms with Gasteiger partial charge in [-0.15, -0.1) is 0 Å². The molecule has 0 unspecified atom stereocenters. The van der Waals surface area contributed by atoms with Gasteiger partial charge < -0.3 is 0 Å². The van der Waals surface area contributed by atoms with Gasteiger partial charge in [0, 0.05) is 18.2 Å². The van der Waals surface area contributed by atoms with Gasteiger partial charge in [-0.2, -0.15) is 5.26 Å². The fraction of sp³-hybridized carbons (Fsp3) is 0.462. The fourth-order valence-electron chi connectivity index (χ4n) is 1.83. The molecule has 2 nitrogen and oxygen atoms in total. The van der Waals surface area contributed by atoms with E-state index in [2.05, 4.69) is 25.7 Å². The molecule has 0 radical (unpaired) electrons.